The molecule has 3 rings (SSSR count). The number of amides is 1. The second-order valence-electron chi connectivity index (χ2n) is 6.22. The molecule has 0 bridgehead atoms. The SMILES string of the molecule is O=C(NCCc1ccc(-c2ccnc(Cl)c2)cc1Cl)c1ccccc1C(F)(F)F. The van der Waals surface area contributed by atoms with Crippen molar-refractivity contribution in [2.75, 3.05) is 6.54 Å². The Kier molecular flexibility index (Phi) is 6.45. The van der Waals surface area contributed by atoms with E-state index in [1.54, 1.807) is 24.4 Å². The monoisotopic (exact) mass is 438 g/mol. The third-order valence-corrected chi connectivity index (χ3v) is 4.83. The molecule has 0 aliphatic heterocycles. The highest BCUT2D eigenvalue weighted by Gasteiger charge is 2.34. The summed E-state index contributed by atoms with van der Waals surface area (Å²) in [7, 11) is 0. The average molecular weight is 439 g/mol. The lowest BCUT2D eigenvalue weighted by Crippen LogP contribution is -2.28. The number of hydrogen-bond donors (Lipinski definition) is 1. The van der Waals surface area contributed by atoms with Crippen LogP contribution >= 0.6 is 23.2 Å². The molecule has 150 valence electrons. The van der Waals surface area contributed by atoms with Crippen LogP contribution in [0, 0.1) is 0 Å². The average Bonchev–Trinajstić information content (AvgIpc) is 2.68. The summed E-state index contributed by atoms with van der Waals surface area (Å²) in [5.41, 5.74) is 1.11. The van der Waals surface area contributed by atoms with E-state index >= 15 is 0 Å². The van der Waals surface area contributed by atoms with Crippen LogP contribution in [0.3, 0.4) is 0 Å². The van der Waals surface area contributed by atoms with Crippen LogP contribution < -0.4 is 5.32 Å². The smallest absolute Gasteiger partial charge is 0.352 e. The van der Waals surface area contributed by atoms with Gasteiger partial charge in [-0.25, -0.2) is 4.98 Å². The van der Waals surface area contributed by atoms with Crippen LogP contribution in [0.15, 0.2) is 60.8 Å². The Balaban J connectivity index is 1.66. The minimum Gasteiger partial charge on any atom is -0.352 e. The summed E-state index contributed by atoms with van der Waals surface area (Å²) in [5, 5.41) is 3.37. The van der Waals surface area contributed by atoms with Crippen LogP contribution in [-0.4, -0.2) is 17.4 Å². The van der Waals surface area contributed by atoms with E-state index < -0.39 is 23.2 Å². The Morgan fingerprint density at radius 3 is 2.41 bits per heavy atom. The maximum atomic E-state index is 13.0. The second kappa shape index (κ2) is 8.84. The van der Waals surface area contributed by atoms with Gasteiger partial charge in [-0.2, -0.15) is 13.2 Å². The fourth-order valence-corrected chi connectivity index (χ4v) is 3.29. The van der Waals surface area contributed by atoms with Crippen molar-refractivity contribution in [3.8, 4) is 11.1 Å². The van der Waals surface area contributed by atoms with E-state index in [4.69, 9.17) is 23.2 Å². The molecule has 1 N–H and O–H groups in total. The zero-order valence-corrected chi connectivity index (χ0v) is 16.4. The Morgan fingerprint density at radius 1 is 1.00 bits per heavy atom. The first-order valence-corrected chi connectivity index (χ1v) is 9.36. The number of halogens is 5. The minimum atomic E-state index is -4.59. The van der Waals surface area contributed by atoms with Crippen molar-refractivity contribution < 1.29 is 18.0 Å². The van der Waals surface area contributed by atoms with E-state index in [1.165, 1.54) is 12.1 Å². The van der Waals surface area contributed by atoms with Crippen LogP contribution in [0.4, 0.5) is 13.2 Å². The van der Waals surface area contributed by atoms with Gasteiger partial charge in [0.1, 0.15) is 5.15 Å². The maximum Gasteiger partial charge on any atom is 0.417 e. The van der Waals surface area contributed by atoms with Crippen LogP contribution in [0.5, 0.6) is 0 Å². The molecule has 0 saturated carbocycles. The van der Waals surface area contributed by atoms with Crippen LogP contribution in [-0.2, 0) is 12.6 Å². The fourth-order valence-electron chi connectivity index (χ4n) is 2.85. The number of carbonyl (C=O) groups excluding carboxylic acids is 1. The van der Waals surface area contributed by atoms with Gasteiger partial charge in [0.2, 0.25) is 0 Å². The van der Waals surface area contributed by atoms with Gasteiger partial charge in [0.25, 0.3) is 5.91 Å². The molecule has 0 aliphatic carbocycles. The van der Waals surface area contributed by atoms with Crippen LogP contribution in [0.2, 0.25) is 10.2 Å². The number of nitrogens with zero attached hydrogens (tertiary/aromatic N) is 1. The molecular formula is C21H15Cl2F3N2O. The van der Waals surface area contributed by atoms with Crippen molar-refractivity contribution in [2.24, 2.45) is 0 Å². The van der Waals surface area contributed by atoms with Crippen LogP contribution in [0.1, 0.15) is 21.5 Å². The molecule has 0 atom stereocenters. The first-order chi connectivity index (χ1) is 13.8. The molecular weight excluding hydrogens is 424 g/mol. The molecule has 1 aromatic heterocycles. The van der Waals surface area contributed by atoms with Gasteiger partial charge in [0.05, 0.1) is 11.1 Å². The van der Waals surface area contributed by atoms with Gasteiger partial charge in [0, 0.05) is 17.8 Å². The van der Waals surface area contributed by atoms with Crippen molar-refractivity contribution >= 4 is 29.1 Å². The first kappa shape index (κ1) is 21.1. The van der Waals surface area contributed by atoms with Gasteiger partial charge in [-0.15, -0.1) is 0 Å². The summed E-state index contributed by atoms with van der Waals surface area (Å²) in [5.74, 6) is -0.780. The number of carbonyl (C=O) groups is 1. The topological polar surface area (TPSA) is 42.0 Å². The Labute approximate surface area is 175 Å². The van der Waals surface area contributed by atoms with E-state index in [0.29, 0.717) is 16.6 Å². The number of nitrogens with one attached hydrogen (secondary N) is 1. The summed E-state index contributed by atoms with van der Waals surface area (Å²) >= 11 is 12.2. The Hall–Kier alpha value is -2.57. The largest absolute Gasteiger partial charge is 0.417 e. The summed E-state index contributed by atoms with van der Waals surface area (Å²) in [6, 6.07) is 13.6. The van der Waals surface area contributed by atoms with E-state index in [-0.39, 0.29) is 6.54 Å². The molecule has 0 spiro atoms. The molecule has 0 saturated heterocycles. The number of aromatic nitrogens is 1. The van der Waals surface area contributed by atoms with Gasteiger partial charge in [-0.1, -0.05) is 47.5 Å². The summed E-state index contributed by atoms with van der Waals surface area (Å²) in [6.45, 7) is 0.144. The third-order valence-electron chi connectivity index (χ3n) is 4.27. The lowest BCUT2D eigenvalue weighted by Gasteiger charge is -2.13. The molecule has 3 nitrogen and oxygen atoms in total. The van der Waals surface area contributed by atoms with Gasteiger partial charge in [-0.05, 0) is 53.4 Å². The van der Waals surface area contributed by atoms with Crippen molar-refractivity contribution in [1.82, 2.24) is 10.3 Å². The lowest BCUT2D eigenvalue weighted by atomic mass is 10.0. The number of pyridine rings is 1. The van der Waals surface area contributed by atoms with E-state index in [9.17, 15) is 18.0 Å². The van der Waals surface area contributed by atoms with E-state index in [2.05, 4.69) is 10.3 Å². The summed E-state index contributed by atoms with van der Waals surface area (Å²) in [4.78, 5) is 16.1. The second-order valence-corrected chi connectivity index (χ2v) is 7.02. The fraction of sp³-hybridized carbons (Fsp3) is 0.143. The first-order valence-electron chi connectivity index (χ1n) is 8.60. The predicted octanol–water partition coefficient (Wildman–Crippen LogP) is 6.05. The molecule has 0 unspecified atom stereocenters. The van der Waals surface area contributed by atoms with Crippen molar-refractivity contribution in [1.29, 1.82) is 0 Å². The summed E-state index contributed by atoms with van der Waals surface area (Å²) < 4.78 is 39.1. The van der Waals surface area contributed by atoms with Crippen molar-refractivity contribution in [2.45, 2.75) is 12.6 Å². The molecule has 0 fully saturated rings. The molecule has 2 aromatic carbocycles. The van der Waals surface area contributed by atoms with Crippen molar-refractivity contribution in [3.05, 3.63) is 87.7 Å². The number of rotatable bonds is 5. The normalized spacial score (nSPS) is 11.3. The standard InChI is InChI=1S/C21H15Cl2F3N2O/c22-18-11-14(15-8-9-27-19(23)12-15)6-5-13(18)7-10-28-20(29)16-3-1-2-4-17(16)21(24,25)26/h1-6,8-9,11-12H,7,10H2,(H,28,29). The van der Waals surface area contributed by atoms with Gasteiger partial charge in [-0.3, -0.25) is 4.79 Å². The van der Waals surface area contributed by atoms with Gasteiger partial charge in [0.15, 0.2) is 0 Å². The number of alkyl halides is 3. The quantitative estimate of drug-likeness (QED) is 0.492. The highest BCUT2D eigenvalue weighted by atomic mass is 35.5. The highest BCUT2D eigenvalue weighted by molar-refractivity contribution is 6.31. The molecule has 8 heteroatoms. The zero-order chi connectivity index (χ0) is 21.0. The van der Waals surface area contributed by atoms with Crippen LogP contribution in [0.25, 0.3) is 11.1 Å². The molecule has 3 aromatic rings. The van der Waals surface area contributed by atoms with E-state index in [0.717, 1.165) is 28.8 Å². The zero-order valence-electron chi connectivity index (χ0n) is 14.9. The van der Waals surface area contributed by atoms with Crippen molar-refractivity contribution in [3.63, 3.8) is 0 Å². The highest BCUT2D eigenvalue weighted by Crippen LogP contribution is 2.32. The van der Waals surface area contributed by atoms with Gasteiger partial charge < -0.3 is 5.32 Å². The summed E-state index contributed by atoms with van der Waals surface area (Å²) in [6.07, 6.45) is -2.63. The molecule has 1 amide bonds. The lowest BCUT2D eigenvalue weighted by molar-refractivity contribution is -0.137. The molecule has 0 radical (unpaired) electrons. The third kappa shape index (κ3) is 5.28. The van der Waals surface area contributed by atoms with E-state index in [1.807, 2.05) is 12.1 Å². The molecule has 0 aliphatic rings. The predicted molar refractivity (Wildman–Crippen MR) is 107 cm³/mol. The molecule has 1 heterocycles. The number of benzene rings is 2. The van der Waals surface area contributed by atoms with Gasteiger partial charge >= 0.3 is 6.18 Å². The Morgan fingerprint density at radius 2 is 1.72 bits per heavy atom. The number of hydrogen-bond acceptors (Lipinski definition) is 2. The Bertz CT molecular complexity index is 1040. The minimum absolute atomic E-state index is 0.144. The maximum absolute atomic E-state index is 13.0. The molecule has 29 heavy (non-hydrogen) atoms.